The number of hydrogen-bond donors (Lipinski definition) is 3. The number of aromatic nitrogens is 2. The normalized spacial score (nSPS) is 12.3. The maximum Gasteiger partial charge on any atom is 0.250 e. The van der Waals surface area contributed by atoms with Crippen LogP contribution in [-0.4, -0.2) is 33.7 Å². The van der Waals surface area contributed by atoms with E-state index in [9.17, 15) is 9.90 Å². The highest BCUT2D eigenvalue weighted by Crippen LogP contribution is 2.39. The largest absolute Gasteiger partial charge is 0.396 e. The molecule has 6 heteroatoms. The van der Waals surface area contributed by atoms with Gasteiger partial charge in [0, 0.05) is 52.4 Å². The number of nitrogens with zero attached hydrogens (tertiary/aromatic N) is 2. The molecule has 2 heterocycles. The minimum absolute atomic E-state index is 0.126. The van der Waals surface area contributed by atoms with Gasteiger partial charge in [-0.15, -0.1) is 0 Å². The Morgan fingerprint density at radius 1 is 0.974 bits per heavy atom. The molecule has 0 saturated heterocycles. The van der Waals surface area contributed by atoms with Gasteiger partial charge in [0.1, 0.15) is 0 Å². The Balaban J connectivity index is 1.54. The van der Waals surface area contributed by atoms with E-state index in [4.69, 9.17) is 10.7 Å². The summed E-state index contributed by atoms with van der Waals surface area (Å²) in [5, 5.41) is 16.2. The van der Waals surface area contributed by atoms with E-state index in [0.29, 0.717) is 17.8 Å². The summed E-state index contributed by atoms with van der Waals surface area (Å²) in [5.74, 6) is -0.314. The van der Waals surface area contributed by atoms with Gasteiger partial charge in [0.25, 0.3) is 5.91 Å². The van der Waals surface area contributed by atoms with Crippen LogP contribution in [0.15, 0.2) is 97.2 Å². The summed E-state index contributed by atoms with van der Waals surface area (Å²) >= 11 is 0. The molecular weight excluding hydrogens is 484 g/mol. The first-order chi connectivity index (χ1) is 19.0. The molecule has 0 fully saturated rings. The molecule has 1 atom stereocenters. The number of anilines is 1. The number of aliphatic hydroxyl groups excluding tert-OH is 1. The number of pyridine rings is 1. The molecule has 1 unspecified atom stereocenters. The van der Waals surface area contributed by atoms with Gasteiger partial charge in [-0.1, -0.05) is 55.5 Å². The minimum atomic E-state index is -0.479. The van der Waals surface area contributed by atoms with Gasteiger partial charge in [-0.25, -0.2) is 0 Å². The third kappa shape index (κ3) is 4.49. The van der Waals surface area contributed by atoms with Gasteiger partial charge in [-0.05, 0) is 60.4 Å². The standard InChI is InChI=1S/C33H30N4O2/c1-21(20-38)15-16-35-29-18-24(13-14-26(29)33(34)39)37-30-11-5-3-8-27(30)32-25(9-6-12-31(32)37)23-17-22-7-2-4-10-28(22)36-19-23/h2-14,17-19,21,35,38H,15-16,20H2,1H3,(H2,34,39). The fourth-order valence-electron chi connectivity index (χ4n) is 5.33. The number of rotatable bonds is 8. The molecule has 4 N–H and O–H groups in total. The molecule has 0 aliphatic heterocycles. The van der Waals surface area contributed by atoms with Crippen molar-refractivity contribution in [1.29, 1.82) is 0 Å². The minimum Gasteiger partial charge on any atom is -0.396 e. The van der Waals surface area contributed by atoms with E-state index in [1.807, 2.05) is 49.5 Å². The molecule has 0 bridgehead atoms. The van der Waals surface area contributed by atoms with E-state index in [1.54, 1.807) is 6.07 Å². The predicted molar refractivity (Wildman–Crippen MR) is 159 cm³/mol. The van der Waals surface area contributed by atoms with Crippen molar-refractivity contribution in [2.45, 2.75) is 13.3 Å². The van der Waals surface area contributed by atoms with Crippen molar-refractivity contribution in [2.24, 2.45) is 11.7 Å². The Labute approximate surface area is 226 Å². The molecule has 0 saturated carbocycles. The van der Waals surface area contributed by atoms with Gasteiger partial charge < -0.3 is 20.7 Å². The molecule has 0 spiro atoms. The number of nitrogens with one attached hydrogen (secondary N) is 1. The lowest BCUT2D eigenvalue weighted by molar-refractivity contribution is 0.100. The van der Waals surface area contributed by atoms with Gasteiger partial charge >= 0.3 is 0 Å². The smallest absolute Gasteiger partial charge is 0.250 e. The first kappa shape index (κ1) is 24.6. The number of para-hydroxylation sites is 2. The second-order valence-corrected chi connectivity index (χ2v) is 10.1. The second kappa shape index (κ2) is 10.2. The lowest BCUT2D eigenvalue weighted by atomic mass is 9.99. The van der Waals surface area contributed by atoms with Crippen molar-refractivity contribution in [1.82, 2.24) is 9.55 Å². The SMILES string of the molecule is CC(CO)CCNc1cc(-n2c3ccccc3c3c(-c4cnc5ccccc5c4)cccc32)ccc1C(N)=O. The molecule has 6 nitrogen and oxygen atoms in total. The Bertz CT molecular complexity index is 1840. The first-order valence-electron chi connectivity index (χ1n) is 13.2. The highest BCUT2D eigenvalue weighted by atomic mass is 16.3. The van der Waals surface area contributed by atoms with Crippen molar-refractivity contribution in [2.75, 3.05) is 18.5 Å². The number of hydrogen-bond acceptors (Lipinski definition) is 4. The van der Waals surface area contributed by atoms with Crippen molar-refractivity contribution >= 4 is 44.3 Å². The number of primary amides is 1. The maximum atomic E-state index is 12.2. The van der Waals surface area contributed by atoms with E-state index in [0.717, 1.165) is 55.9 Å². The number of carbonyl (C=O) groups excluding carboxylic acids is 1. The topological polar surface area (TPSA) is 93.2 Å². The molecule has 2 aromatic heterocycles. The van der Waals surface area contributed by atoms with Crippen LogP contribution in [0.25, 0.3) is 49.5 Å². The van der Waals surface area contributed by atoms with E-state index >= 15 is 0 Å². The zero-order valence-electron chi connectivity index (χ0n) is 21.8. The maximum absolute atomic E-state index is 12.2. The van der Waals surface area contributed by atoms with Gasteiger partial charge in [0.05, 0.1) is 22.1 Å². The molecule has 1 amide bonds. The molecule has 0 aliphatic carbocycles. The van der Waals surface area contributed by atoms with E-state index in [2.05, 4.69) is 58.4 Å². The fourth-order valence-corrected chi connectivity index (χ4v) is 5.33. The lowest BCUT2D eigenvalue weighted by Gasteiger charge is -2.15. The number of amides is 1. The molecule has 4 aromatic carbocycles. The van der Waals surface area contributed by atoms with Crippen LogP contribution in [0.5, 0.6) is 0 Å². The van der Waals surface area contributed by atoms with Crippen LogP contribution >= 0.6 is 0 Å². The summed E-state index contributed by atoms with van der Waals surface area (Å²) in [6, 6.07) is 30.8. The van der Waals surface area contributed by atoms with Gasteiger partial charge in [-0.2, -0.15) is 0 Å². The summed E-state index contributed by atoms with van der Waals surface area (Å²) < 4.78 is 2.23. The van der Waals surface area contributed by atoms with Gasteiger partial charge in [0.2, 0.25) is 0 Å². The monoisotopic (exact) mass is 514 g/mol. The highest BCUT2D eigenvalue weighted by Gasteiger charge is 2.18. The van der Waals surface area contributed by atoms with Crippen LogP contribution < -0.4 is 11.1 Å². The number of nitrogens with two attached hydrogens (primary N) is 1. The van der Waals surface area contributed by atoms with Gasteiger partial charge in [-0.3, -0.25) is 9.78 Å². The summed E-state index contributed by atoms with van der Waals surface area (Å²) in [6.45, 7) is 2.74. The van der Waals surface area contributed by atoms with Crippen LogP contribution in [0, 0.1) is 5.92 Å². The molecule has 6 aromatic rings. The summed E-state index contributed by atoms with van der Waals surface area (Å²) in [4.78, 5) is 16.9. The van der Waals surface area contributed by atoms with Crippen LogP contribution in [0.2, 0.25) is 0 Å². The quantitative estimate of drug-likeness (QED) is 0.215. The molecule has 0 aliphatic rings. The zero-order chi connectivity index (χ0) is 26.9. The average Bonchev–Trinajstić information content (AvgIpc) is 3.31. The van der Waals surface area contributed by atoms with Crippen molar-refractivity contribution in [3.05, 3.63) is 103 Å². The molecule has 194 valence electrons. The second-order valence-electron chi connectivity index (χ2n) is 10.1. The van der Waals surface area contributed by atoms with Crippen LogP contribution in [0.1, 0.15) is 23.7 Å². The predicted octanol–water partition coefficient (Wildman–Crippen LogP) is 6.53. The van der Waals surface area contributed by atoms with Crippen LogP contribution in [0.4, 0.5) is 5.69 Å². The molecule has 0 radical (unpaired) electrons. The third-order valence-corrected chi connectivity index (χ3v) is 7.39. The van der Waals surface area contributed by atoms with E-state index < -0.39 is 5.91 Å². The number of carbonyl (C=O) groups is 1. The van der Waals surface area contributed by atoms with Crippen LogP contribution in [0.3, 0.4) is 0 Å². The van der Waals surface area contributed by atoms with Crippen molar-refractivity contribution in [3.63, 3.8) is 0 Å². The molecule has 39 heavy (non-hydrogen) atoms. The Morgan fingerprint density at radius 2 is 1.77 bits per heavy atom. The Hall–Kier alpha value is -4.68. The zero-order valence-corrected chi connectivity index (χ0v) is 21.8. The number of aliphatic hydroxyl groups is 1. The van der Waals surface area contributed by atoms with E-state index in [-0.39, 0.29) is 12.5 Å². The first-order valence-corrected chi connectivity index (χ1v) is 13.2. The van der Waals surface area contributed by atoms with E-state index in [1.165, 1.54) is 0 Å². The summed E-state index contributed by atoms with van der Waals surface area (Å²) in [7, 11) is 0. The highest BCUT2D eigenvalue weighted by molar-refractivity contribution is 6.16. The summed E-state index contributed by atoms with van der Waals surface area (Å²) in [6.07, 6.45) is 2.72. The number of fused-ring (bicyclic) bond motifs is 4. The van der Waals surface area contributed by atoms with Crippen molar-refractivity contribution in [3.8, 4) is 16.8 Å². The number of benzene rings is 4. The molecular formula is C33H30N4O2. The lowest BCUT2D eigenvalue weighted by Crippen LogP contribution is -2.16. The van der Waals surface area contributed by atoms with Crippen LogP contribution in [-0.2, 0) is 0 Å². The van der Waals surface area contributed by atoms with Gasteiger partial charge in [0.15, 0.2) is 0 Å². The molecule has 6 rings (SSSR count). The average molecular weight is 515 g/mol. The third-order valence-electron chi connectivity index (χ3n) is 7.39. The van der Waals surface area contributed by atoms with Crippen molar-refractivity contribution < 1.29 is 9.90 Å². The summed E-state index contributed by atoms with van der Waals surface area (Å²) in [5.41, 5.74) is 13.1. The Kier molecular flexibility index (Phi) is 6.47. The fraction of sp³-hybridized carbons (Fsp3) is 0.152. The Morgan fingerprint density at radius 3 is 2.62 bits per heavy atom.